The summed E-state index contributed by atoms with van der Waals surface area (Å²) in [6.45, 7) is 9.92. The van der Waals surface area contributed by atoms with Crippen LogP contribution < -0.4 is 0 Å². The van der Waals surface area contributed by atoms with Crippen molar-refractivity contribution >= 4 is 11.9 Å². The van der Waals surface area contributed by atoms with E-state index in [0.29, 0.717) is 17.8 Å². The van der Waals surface area contributed by atoms with Crippen molar-refractivity contribution in [2.24, 2.45) is 23.7 Å². The van der Waals surface area contributed by atoms with Crippen molar-refractivity contribution in [2.45, 2.75) is 96.8 Å². The first-order valence-corrected chi connectivity index (χ1v) is 11.2. The molecular formula is C23H34O7. The van der Waals surface area contributed by atoms with Gasteiger partial charge in [0.1, 0.15) is 6.10 Å². The predicted molar refractivity (Wildman–Crippen MR) is 107 cm³/mol. The number of hydrogen-bond acceptors (Lipinski definition) is 7. The molecule has 168 valence electrons. The Morgan fingerprint density at radius 2 is 1.73 bits per heavy atom. The Morgan fingerprint density at radius 1 is 1.07 bits per heavy atom. The summed E-state index contributed by atoms with van der Waals surface area (Å²) in [6, 6.07) is 0. The van der Waals surface area contributed by atoms with Crippen LogP contribution in [-0.2, 0) is 33.3 Å². The summed E-state index contributed by atoms with van der Waals surface area (Å²) in [7, 11) is 0. The molecule has 0 radical (unpaired) electrons. The van der Waals surface area contributed by atoms with E-state index in [4.69, 9.17) is 23.7 Å². The van der Waals surface area contributed by atoms with Gasteiger partial charge in [-0.2, -0.15) is 0 Å². The van der Waals surface area contributed by atoms with Crippen molar-refractivity contribution in [1.82, 2.24) is 0 Å². The van der Waals surface area contributed by atoms with E-state index in [1.165, 1.54) is 0 Å². The second-order valence-corrected chi connectivity index (χ2v) is 10.1. The van der Waals surface area contributed by atoms with Crippen LogP contribution in [-0.4, -0.2) is 48.4 Å². The minimum absolute atomic E-state index is 0.296. The van der Waals surface area contributed by atoms with Crippen LogP contribution in [0.1, 0.15) is 60.3 Å². The number of rotatable bonds is 6. The van der Waals surface area contributed by atoms with Crippen molar-refractivity contribution in [2.75, 3.05) is 0 Å². The van der Waals surface area contributed by atoms with E-state index in [2.05, 4.69) is 26.0 Å². The number of allylic oxidation sites excluding steroid dienone is 2. The Morgan fingerprint density at radius 3 is 2.40 bits per heavy atom. The van der Waals surface area contributed by atoms with Gasteiger partial charge in [0, 0.05) is 0 Å². The van der Waals surface area contributed by atoms with Gasteiger partial charge in [0.15, 0.2) is 24.3 Å². The highest BCUT2D eigenvalue weighted by Gasteiger charge is 2.64. The molecule has 3 heterocycles. The average molecular weight is 423 g/mol. The molecule has 0 bridgehead atoms. The zero-order chi connectivity index (χ0) is 21.6. The fourth-order valence-electron chi connectivity index (χ4n) is 5.23. The summed E-state index contributed by atoms with van der Waals surface area (Å²) in [5.41, 5.74) is 0. The molecule has 3 aliphatic heterocycles. The quantitative estimate of drug-likeness (QED) is 0.480. The van der Waals surface area contributed by atoms with Gasteiger partial charge in [-0.15, -0.1) is 0 Å². The van der Waals surface area contributed by atoms with Crippen LogP contribution in [0.3, 0.4) is 0 Å². The van der Waals surface area contributed by atoms with Gasteiger partial charge in [-0.1, -0.05) is 32.9 Å². The highest BCUT2D eigenvalue weighted by Crippen LogP contribution is 2.43. The Kier molecular flexibility index (Phi) is 5.99. The van der Waals surface area contributed by atoms with Crippen LogP contribution >= 0.6 is 0 Å². The highest BCUT2D eigenvalue weighted by atomic mass is 16.8. The molecule has 0 N–H and O–H groups in total. The van der Waals surface area contributed by atoms with E-state index in [-0.39, 0.29) is 11.9 Å². The maximum absolute atomic E-state index is 12.8. The molecule has 7 heteroatoms. The van der Waals surface area contributed by atoms with Gasteiger partial charge in [-0.05, 0) is 57.3 Å². The molecule has 0 spiro atoms. The normalized spacial score (nSPS) is 40.2. The van der Waals surface area contributed by atoms with Crippen LogP contribution in [0.15, 0.2) is 12.2 Å². The van der Waals surface area contributed by atoms with E-state index in [1.54, 1.807) is 13.8 Å². The third-order valence-corrected chi connectivity index (χ3v) is 6.60. The topological polar surface area (TPSA) is 80.3 Å². The first-order valence-electron chi connectivity index (χ1n) is 11.2. The molecule has 7 nitrogen and oxygen atoms in total. The smallest absolute Gasteiger partial charge is 0.350 e. The van der Waals surface area contributed by atoms with Gasteiger partial charge >= 0.3 is 11.9 Å². The summed E-state index contributed by atoms with van der Waals surface area (Å²) >= 11 is 0. The molecule has 4 aliphatic rings. The molecule has 0 saturated carbocycles. The number of carbonyl (C=O) groups is 2. The Labute approximate surface area is 178 Å². The maximum atomic E-state index is 12.8. The fraction of sp³-hybridized carbons (Fsp3) is 0.826. The molecule has 0 aromatic rings. The molecule has 0 amide bonds. The molecule has 0 aromatic heterocycles. The molecule has 0 aromatic carbocycles. The van der Waals surface area contributed by atoms with Crippen LogP contribution in [0.5, 0.6) is 0 Å². The van der Waals surface area contributed by atoms with E-state index in [1.807, 2.05) is 6.92 Å². The van der Waals surface area contributed by atoms with Crippen molar-refractivity contribution in [3.05, 3.63) is 12.2 Å². The van der Waals surface area contributed by atoms with E-state index in [9.17, 15) is 9.59 Å². The van der Waals surface area contributed by atoms with Gasteiger partial charge in [0.25, 0.3) is 0 Å². The number of esters is 2. The van der Waals surface area contributed by atoms with Crippen molar-refractivity contribution in [3.63, 3.8) is 0 Å². The molecule has 8 atom stereocenters. The Bertz CT molecular complexity index is 700. The molecule has 1 aliphatic carbocycles. The van der Waals surface area contributed by atoms with Crippen molar-refractivity contribution in [3.8, 4) is 0 Å². The summed E-state index contributed by atoms with van der Waals surface area (Å²) in [6.07, 6.45) is 4.94. The molecule has 8 unspecified atom stereocenters. The lowest BCUT2D eigenvalue weighted by Crippen LogP contribution is -2.39. The Balaban J connectivity index is 1.34. The van der Waals surface area contributed by atoms with Crippen molar-refractivity contribution in [1.29, 1.82) is 0 Å². The SMILES string of the molecule is CC(C)CC1CC=CCC1CC(C)C(=O)OC1C(=O)OC2C3OC(C)(C)OC3OC12. The van der Waals surface area contributed by atoms with Gasteiger partial charge in [0.2, 0.25) is 6.10 Å². The zero-order valence-corrected chi connectivity index (χ0v) is 18.5. The Hall–Kier alpha value is -1.44. The second-order valence-electron chi connectivity index (χ2n) is 10.1. The first-order chi connectivity index (χ1) is 14.1. The number of carbonyl (C=O) groups excluding carboxylic acids is 2. The summed E-state index contributed by atoms with van der Waals surface area (Å²) in [4.78, 5) is 25.2. The van der Waals surface area contributed by atoms with Gasteiger partial charge in [-0.3, -0.25) is 4.79 Å². The number of fused-ring (bicyclic) bond motifs is 3. The lowest BCUT2D eigenvalue weighted by molar-refractivity contribution is -0.217. The van der Waals surface area contributed by atoms with Gasteiger partial charge in [0.05, 0.1) is 5.92 Å². The van der Waals surface area contributed by atoms with Crippen LogP contribution in [0.25, 0.3) is 0 Å². The van der Waals surface area contributed by atoms with E-state index in [0.717, 1.165) is 25.7 Å². The first kappa shape index (κ1) is 21.8. The zero-order valence-electron chi connectivity index (χ0n) is 18.5. The minimum atomic E-state index is -1.07. The van der Waals surface area contributed by atoms with Crippen LogP contribution in [0.4, 0.5) is 0 Å². The third kappa shape index (κ3) is 4.30. The average Bonchev–Trinajstić information content (AvgIpc) is 3.23. The summed E-state index contributed by atoms with van der Waals surface area (Å²) in [5.74, 6) is -0.374. The molecule has 3 fully saturated rings. The summed E-state index contributed by atoms with van der Waals surface area (Å²) < 4.78 is 28.4. The third-order valence-electron chi connectivity index (χ3n) is 6.60. The minimum Gasteiger partial charge on any atom is -0.454 e. The maximum Gasteiger partial charge on any atom is 0.350 e. The molecule has 4 rings (SSSR count). The highest BCUT2D eigenvalue weighted by molar-refractivity contribution is 5.83. The molecular weight excluding hydrogens is 388 g/mol. The van der Waals surface area contributed by atoms with Gasteiger partial charge < -0.3 is 23.7 Å². The second kappa shape index (κ2) is 8.24. The van der Waals surface area contributed by atoms with E-state index >= 15 is 0 Å². The number of ether oxygens (including phenoxy) is 5. The fourth-order valence-corrected chi connectivity index (χ4v) is 5.23. The lowest BCUT2D eigenvalue weighted by Gasteiger charge is -2.31. The van der Waals surface area contributed by atoms with Crippen molar-refractivity contribution < 1.29 is 33.3 Å². The van der Waals surface area contributed by atoms with Crippen LogP contribution in [0.2, 0.25) is 0 Å². The van der Waals surface area contributed by atoms with Gasteiger partial charge in [-0.25, -0.2) is 4.79 Å². The predicted octanol–water partition coefficient (Wildman–Crippen LogP) is 3.35. The lowest BCUT2D eigenvalue weighted by atomic mass is 9.74. The van der Waals surface area contributed by atoms with Crippen LogP contribution in [0, 0.1) is 23.7 Å². The standard InChI is InChI=1S/C23H34O7/c1-12(2)10-14-8-6-7-9-15(14)11-13(3)20(24)27-18-16-17(26-21(18)25)19-22(28-16)30-23(4,5)29-19/h6-7,12-19,22H,8-11H2,1-5H3. The summed E-state index contributed by atoms with van der Waals surface area (Å²) in [5, 5.41) is 0. The molecule has 3 saturated heterocycles. The van der Waals surface area contributed by atoms with E-state index < -0.39 is 42.5 Å². The monoisotopic (exact) mass is 422 g/mol. The molecule has 30 heavy (non-hydrogen) atoms. The largest absolute Gasteiger partial charge is 0.454 e. The number of hydrogen-bond donors (Lipinski definition) is 0.